The first-order chi connectivity index (χ1) is 13.2. The zero-order valence-electron chi connectivity index (χ0n) is 15.3. The Bertz CT molecular complexity index is 919. The molecule has 0 aliphatic rings. The molecular formula is C20H21N5OS. The molecule has 0 radical (unpaired) electrons. The average Bonchev–Trinajstić information content (AvgIpc) is 3.10. The van der Waals surface area contributed by atoms with Gasteiger partial charge in [-0.2, -0.15) is 5.10 Å². The summed E-state index contributed by atoms with van der Waals surface area (Å²) >= 11 is 1.35. The third-order valence-electron chi connectivity index (χ3n) is 3.88. The van der Waals surface area contributed by atoms with E-state index in [0.29, 0.717) is 0 Å². The normalized spacial score (nSPS) is 11.0. The van der Waals surface area contributed by atoms with Gasteiger partial charge >= 0.3 is 0 Å². The Hall–Kier alpha value is -2.93. The van der Waals surface area contributed by atoms with E-state index in [1.165, 1.54) is 17.3 Å². The highest BCUT2D eigenvalue weighted by atomic mass is 32.2. The Balaban J connectivity index is 1.60. The Morgan fingerprint density at radius 1 is 1.15 bits per heavy atom. The zero-order chi connectivity index (χ0) is 19.1. The third kappa shape index (κ3) is 5.04. The third-order valence-corrected chi connectivity index (χ3v) is 4.84. The van der Waals surface area contributed by atoms with Gasteiger partial charge in [-0.3, -0.25) is 4.79 Å². The first-order valence-corrected chi connectivity index (χ1v) is 9.66. The molecule has 0 aliphatic carbocycles. The maximum absolute atomic E-state index is 12.0. The molecule has 7 heteroatoms. The largest absolute Gasteiger partial charge is 0.302 e. The van der Waals surface area contributed by atoms with E-state index in [1.807, 2.05) is 54.0 Å². The number of aryl methyl sites for hydroxylation is 1. The number of nitrogens with one attached hydrogen (secondary N) is 1. The maximum atomic E-state index is 12.0. The second-order valence-electron chi connectivity index (χ2n) is 5.91. The van der Waals surface area contributed by atoms with Gasteiger partial charge in [-0.25, -0.2) is 5.43 Å². The summed E-state index contributed by atoms with van der Waals surface area (Å²) in [6.45, 7) is 4.82. The van der Waals surface area contributed by atoms with Crippen molar-refractivity contribution >= 4 is 23.9 Å². The van der Waals surface area contributed by atoms with Crippen molar-refractivity contribution in [3.8, 4) is 11.4 Å². The lowest BCUT2D eigenvalue weighted by Crippen LogP contribution is -2.20. The van der Waals surface area contributed by atoms with Gasteiger partial charge in [0.1, 0.15) is 0 Å². The van der Waals surface area contributed by atoms with Gasteiger partial charge in [0.2, 0.25) is 0 Å². The van der Waals surface area contributed by atoms with Gasteiger partial charge in [0.05, 0.1) is 12.0 Å². The molecule has 1 heterocycles. The van der Waals surface area contributed by atoms with Crippen molar-refractivity contribution in [3.05, 3.63) is 65.7 Å². The molecule has 138 valence electrons. The molecule has 0 atom stereocenters. The number of aromatic nitrogens is 3. The highest BCUT2D eigenvalue weighted by Crippen LogP contribution is 2.24. The molecule has 3 aromatic rings. The minimum atomic E-state index is -0.185. The van der Waals surface area contributed by atoms with Crippen LogP contribution < -0.4 is 5.43 Å². The van der Waals surface area contributed by atoms with Crippen molar-refractivity contribution in [2.24, 2.45) is 5.10 Å². The minimum Gasteiger partial charge on any atom is -0.302 e. The molecular weight excluding hydrogens is 358 g/mol. The van der Waals surface area contributed by atoms with Crippen molar-refractivity contribution < 1.29 is 4.79 Å². The molecule has 0 bridgehead atoms. The second-order valence-corrected chi connectivity index (χ2v) is 6.85. The lowest BCUT2D eigenvalue weighted by Gasteiger charge is -2.07. The van der Waals surface area contributed by atoms with Gasteiger partial charge in [-0.05, 0) is 19.4 Å². The molecule has 0 saturated heterocycles. The lowest BCUT2D eigenvalue weighted by atomic mass is 10.1. The minimum absolute atomic E-state index is 0.185. The number of hydrogen-bond donors (Lipinski definition) is 1. The molecule has 1 N–H and O–H groups in total. The Kier molecular flexibility index (Phi) is 6.38. The first kappa shape index (κ1) is 18.8. The van der Waals surface area contributed by atoms with Crippen molar-refractivity contribution in [3.63, 3.8) is 0 Å². The Labute approximate surface area is 162 Å². The Morgan fingerprint density at radius 2 is 1.89 bits per heavy atom. The van der Waals surface area contributed by atoms with Gasteiger partial charge in [0.15, 0.2) is 11.0 Å². The number of nitrogens with zero attached hydrogens (tertiary/aromatic N) is 4. The summed E-state index contributed by atoms with van der Waals surface area (Å²) in [6.07, 6.45) is 1.62. The second kappa shape index (κ2) is 9.14. The Morgan fingerprint density at radius 3 is 2.59 bits per heavy atom. The standard InChI is InChI=1S/C20H21N5OS/c1-3-25-19(17-11-9-15(2)10-12-17)23-24-20(25)27-14-18(26)22-21-13-16-7-5-4-6-8-16/h4-13H,3,14H2,1-2H3,(H,22,26)/b21-13-. The van der Waals surface area contributed by atoms with Crippen molar-refractivity contribution in [2.45, 2.75) is 25.5 Å². The van der Waals surface area contributed by atoms with Gasteiger partial charge < -0.3 is 4.57 Å². The van der Waals surface area contributed by atoms with Crippen LogP contribution in [0.1, 0.15) is 18.1 Å². The topological polar surface area (TPSA) is 72.2 Å². The molecule has 1 aromatic heterocycles. The predicted molar refractivity (Wildman–Crippen MR) is 109 cm³/mol. The van der Waals surface area contributed by atoms with E-state index >= 15 is 0 Å². The summed E-state index contributed by atoms with van der Waals surface area (Å²) in [5.74, 6) is 0.843. The summed E-state index contributed by atoms with van der Waals surface area (Å²) in [4.78, 5) is 12.0. The number of benzene rings is 2. The quantitative estimate of drug-likeness (QED) is 0.387. The molecule has 3 rings (SSSR count). The summed E-state index contributed by atoms with van der Waals surface area (Å²) in [5.41, 5.74) is 5.68. The van der Waals surface area contributed by atoms with Crippen LogP contribution in [-0.2, 0) is 11.3 Å². The molecule has 6 nitrogen and oxygen atoms in total. The molecule has 0 fully saturated rings. The van der Waals surface area contributed by atoms with Crippen LogP contribution in [0.4, 0.5) is 0 Å². The predicted octanol–water partition coefficient (Wildman–Crippen LogP) is 3.52. The fourth-order valence-corrected chi connectivity index (χ4v) is 3.27. The number of thioether (sulfide) groups is 1. The number of carbonyl (C=O) groups excluding carboxylic acids is 1. The van der Waals surface area contributed by atoms with Crippen LogP contribution in [0.5, 0.6) is 0 Å². The summed E-state index contributed by atoms with van der Waals surface area (Å²) in [7, 11) is 0. The van der Waals surface area contributed by atoms with E-state index < -0.39 is 0 Å². The van der Waals surface area contributed by atoms with E-state index in [2.05, 4.69) is 39.8 Å². The maximum Gasteiger partial charge on any atom is 0.250 e. The number of hydrogen-bond acceptors (Lipinski definition) is 5. The number of hydrazone groups is 1. The SMILES string of the molecule is CCn1c(SCC(=O)N/N=C\c2ccccc2)nnc1-c1ccc(C)cc1. The van der Waals surface area contributed by atoms with Crippen LogP contribution >= 0.6 is 11.8 Å². The zero-order valence-corrected chi connectivity index (χ0v) is 16.1. The van der Waals surface area contributed by atoms with Crippen LogP contribution in [0, 0.1) is 6.92 Å². The smallest absolute Gasteiger partial charge is 0.250 e. The molecule has 0 spiro atoms. The van der Waals surface area contributed by atoms with Gasteiger partial charge in [0, 0.05) is 12.1 Å². The van der Waals surface area contributed by atoms with Gasteiger partial charge in [-0.1, -0.05) is 71.9 Å². The van der Waals surface area contributed by atoms with Gasteiger partial charge in [0.25, 0.3) is 5.91 Å². The molecule has 2 aromatic carbocycles. The van der Waals surface area contributed by atoms with Crippen LogP contribution in [0.15, 0.2) is 64.9 Å². The molecule has 0 unspecified atom stereocenters. The van der Waals surface area contributed by atoms with E-state index in [1.54, 1.807) is 6.21 Å². The monoisotopic (exact) mass is 379 g/mol. The number of rotatable bonds is 7. The number of carbonyl (C=O) groups is 1. The molecule has 1 amide bonds. The first-order valence-electron chi connectivity index (χ1n) is 8.67. The highest BCUT2D eigenvalue weighted by molar-refractivity contribution is 7.99. The molecule has 0 saturated carbocycles. The fourth-order valence-electron chi connectivity index (χ4n) is 2.48. The van der Waals surface area contributed by atoms with E-state index in [9.17, 15) is 4.79 Å². The van der Waals surface area contributed by atoms with E-state index in [-0.39, 0.29) is 11.7 Å². The van der Waals surface area contributed by atoms with Crippen molar-refractivity contribution in [2.75, 3.05) is 5.75 Å². The summed E-state index contributed by atoms with van der Waals surface area (Å²) in [5, 5.41) is 13.2. The van der Waals surface area contributed by atoms with Gasteiger partial charge in [-0.15, -0.1) is 10.2 Å². The molecule has 0 aliphatic heterocycles. The van der Waals surface area contributed by atoms with Crippen LogP contribution in [0.2, 0.25) is 0 Å². The van der Waals surface area contributed by atoms with Crippen LogP contribution in [0.3, 0.4) is 0 Å². The number of amides is 1. The fraction of sp³-hybridized carbons (Fsp3) is 0.200. The van der Waals surface area contributed by atoms with Crippen molar-refractivity contribution in [1.29, 1.82) is 0 Å². The molecule has 27 heavy (non-hydrogen) atoms. The van der Waals surface area contributed by atoms with E-state index in [0.717, 1.165) is 28.7 Å². The average molecular weight is 379 g/mol. The van der Waals surface area contributed by atoms with Crippen LogP contribution in [-0.4, -0.2) is 32.6 Å². The van der Waals surface area contributed by atoms with Crippen LogP contribution in [0.25, 0.3) is 11.4 Å². The summed E-state index contributed by atoms with van der Waals surface area (Å²) < 4.78 is 2.01. The van der Waals surface area contributed by atoms with E-state index in [4.69, 9.17) is 0 Å². The lowest BCUT2D eigenvalue weighted by molar-refractivity contribution is -0.118. The van der Waals surface area contributed by atoms with Crippen molar-refractivity contribution in [1.82, 2.24) is 20.2 Å². The summed E-state index contributed by atoms with van der Waals surface area (Å²) in [6, 6.07) is 17.8. The highest BCUT2D eigenvalue weighted by Gasteiger charge is 2.14.